The maximum absolute atomic E-state index is 12.1. The van der Waals surface area contributed by atoms with E-state index < -0.39 is 9.84 Å². The molecule has 104 valence electrons. The minimum absolute atomic E-state index is 0.250. The Hall–Kier alpha value is -1.80. The van der Waals surface area contributed by atoms with Gasteiger partial charge in [0.1, 0.15) is 11.8 Å². The van der Waals surface area contributed by atoms with Gasteiger partial charge in [-0.05, 0) is 42.5 Å². The van der Waals surface area contributed by atoms with Crippen molar-refractivity contribution in [3.05, 3.63) is 35.4 Å². The van der Waals surface area contributed by atoms with Gasteiger partial charge in [0.2, 0.25) is 0 Å². The maximum atomic E-state index is 12.1. The highest BCUT2D eigenvalue weighted by Gasteiger charge is 2.43. The summed E-state index contributed by atoms with van der Waals surface area (Å²) in [6, 6.07) is 7.54. The SMILES string of the molecule is COc1ccc(C2=CC3CCC(C2)S3(=O)=O)cc1C#N. The lowest BCUT2D eigenvalue weighted by molar-refractivity contribution is 0.413. The molecule has 1 saturated heterocycles. The van der Waals surface area contributed by atoms with Gasteiger partial charge < -0.3 is 4.74 Å². The van der Waals surface area contributed by atoms with Crippen LogP contribution < -0.4 is 4.74 Å². The maximum Gasteiger partial charge on any atom is 0.159 e. The van der Waals surface area contributed by atoms with Crippen LogP contribution >= 0.6 is 0 Å². The van der Waals surface area contributed by atoms with Gasteiger partial charge in [-0.2, -0.15) is 5.26 Å². The number of ether oxygens (including phenoxy) is 1. The molecule has 2 atom stereocenters. The number of methoxy groups -OCH3 is 1. The van der Waals surface area contributed by atoms with Crippen LogP contribution in [-0.4, -0.2) is 26.0 Å². The van der Waals surface area contributed by atoms with Crippen LogP contribution in [0.1, 0.15) is 30.4 Å². The summed E-state index contributed by atoms with van der Waals surface area (Å²) in [6.07, 6.45) is 3.88. The lowest BCUT2D eigenvalue weighted by Gasteiger charge is -2.20. The van der Waals surface area contributed by atoms with Crippen LogP contribution in [0.3, 0.4) is 0 Å². The Balaban J connectivity index is 2.02. The van der Waals surface area contributed by atoms with Gasteiger partial charge in [0, 0.05) is 0 Å². The van der Waals surface area contributed by atoms with Crippen molar-refractivity contribution in [1.29, 1.82) is 5.26 Å². The van der Waals surface area contributed by atoms with E-state index in [0.29, 0.717) is 17.7 Å². The Morgan fingerprint density at radius 3 is 2.80 bits per heavy atom. The van der Waals surface area contributed by atoms with Gasteiger partial charge in [-0.25, -0.2) is 8.42 Å². The van der Waals surface area contributed by atoms with Crippen LogP contribution in [0.15, 0.2) is 24.3 Å². The van der Waals surface area contributed by atoms with Gasteiger partial charge in [-0.3, -0.25) is 0 Å². The van der Waals surface area contributed by atoms with E-state index in [0.717, 1.165) is 24.0 Å². The molecule has 1 aromatic carbocycles. The van der Waals surface area contributed by atoms with E-state index >= 15 is 0 Å². The second kappa shape index (κ2) is 4.64. The van der Waals surface area contributed by atoms with E-state index in [4.69, 9.17) is 10.00 Å². The number of allylic oxidation sites excluding steroid dienone is 1. The van der Waals surface area contributed by atoms with Crippen molar-refractivity contribution < 1.29 is 13.2 Å². The Morgan fingerprint density at radius 2 is 2.15 bits per heavy atom. The Labute approximate surface area is 118 Å². The summed E-state index contributed by atoms with van der Waals surface area (Å²) in [5.74, 6) is 0.545. The third kappa shape index (κ3) is 1.92. The first-order chi connectivity index (χ1) is 9.56. The second-order valence-corrected chi connectivity index (χ2v) is 7.70. The lowest BCUT2D eigenvalue weighted by atomic mass is 9.98. The van der Waals surface area contributed by atoms with Crippen molar-refractivity contribution in [1.82, 2.24) is 0 Å². The van der Waals surface area contributed by atoms with Crippen molar-refractivity contribution in [2.75, 3.05) is 7.11 Å². The van der Waals surface area contributed by atoms with Crippen molar-refractivity contribution in [2.45, 2.75) is 29.8 Å². The van der Waals surface area contributed by atoms with E-state index in [-0.39, 0.29) is 10.5 Å². The van der Waals surface area contributed by atoms with Crippen LogP contribution in [0, 0.1) is 11.3 Å². The van der Waals surface area contributed by atoms with Gasteiger partial charge in [0.15, 0.2) is 9.84 Å². The standard InChI is InChI=1S/C15H15NO3S/c1-19-15-5-2-10(6-12(15)9-16)11-7-13-3-4-14(8-11)20(13,17)18/h2,5-7,13-14H,3-4,8H2,1H3. The molecular weight excluding hydrogens is 274 g/mol. The molecule has 2 aliphatic heterocycles. The summed E-state index contributed by atoms with van der Waals surface area (Å²) in [4.78, 5) is 0. The molecule has 0 aromatic heterocycles. The summed E-state index contributed by atoms with van der Waals surface area (Å²) in [5.41, 5.74) is 2.44. The number of nitrogens with zero attached hydrogens (tertiary/aromatic N) is 1. The van der Waals surface area contributed by atoms with Gasteiger partial charge in [0.25, 0.3) is 0 Å². The summed E-state index contributed by atoms with van der Waals surface area (Å²) >= 11 is 0. The van der Waals surface area contributed by atoms with E-state index in [1.165, 1.54) is 7.11 Å². The number of sulfone groups is 1. The molecule has 1 aromatic rings. The van der Waals surface area contributed by atoms with Crippen molar-refractivity contribution >= 4 is 15.4 Å². The molecule has 0 amide bonds. The van der Waals surface area contributed by atoms with Crippen LogP contribution in [-0.2, 0) is 9.84 Å². The van der Waals surface area contributed by atoms with E-state index in [2.05, 4.69) is 6.07 Å². The number of nitriles is 1. The van der Waals surface area contributed by atoms with Crippen LogP contribution in [0.4, 0.5) is 0 Å². The predicted molar refractivity (Wildman–Crippen MR) is 76.0 cm³/mol. The molecule has 5 heteroatoms. The lowest BCUT2D eigenvalue weighted by Crippen LogP contribution is -2.26. The molecule has 3 rings (SSSR count). The fourth-order valence-corrected chi connectivity index (χ4v) is 5.26. The molecule has 4 nitrogen and oxygen atoms in total. The molecule has 2 unspecified atom stereocenters. The number of rotatable bonds is 2. The number of fused-ring (bicyclic) bond motifs is 2. The first kappa shape index (κ1) is 13.2. The van der Waals surface area contributed by atoms with Crippen LogP contribution in [0.25, 0.3) is 5.57 Å². The molecule has 1 fully saturated rings. The normalized spacial score (nSPS) is 26.7. The Morgan fingerprint density at radius 1 is 1.35 bits per heavy atom. The van der Waals surface area contributed by atoms with Gasteiger partial charge >= 0.3 is 0 Å². The number of hydrogen-bond acceptors (Lipinski definition) is 4. The predicted octanol–water partition coefficient (Wildman–Crippen LogP) is 2.30. The van der Waals surface area contributed by atoms with Crippen LogP contribution in [0.2, 0.25) is 0 Å². The first-order valence-electron chi connectivity index (χ1n) is 6.58. The highest BCUT2D eigenvalue weighted by atomic mass is 32.2. The van der Waals surface area contributed by atoms with Gasteiger partial charge in [-0.15, -0.1) is 0 Å². The topological polar surface area (TPSA) is 67.2 Å². The van der Waals surface area contributed by atoms with E-state index in [9.17, 15) is 8.42 Å². The highest BCUT2D eigenvalue weighted by Crippen LogP contribution is 2.41. The molecule has 20 heavy (non-hydrogen) atoms. The summed E-state index contributed by atoms with van der Waals surface area (Å²) in [5, 5.41) is 8.53. The quantitative estimate of drug-likeness (QED) is 0.838. The molecule has 2 bridgehead atoms. The van der Waals surface area contributed by atoms with Gasteiger partial charge in [-0.1, -0.05) is 12.1 Å². The molecule has 0 spiro atoms. The fraction of sp³-hybridized carbons (Fsp3) is 0.400. The monoisotopic (exact) mass is 289 g/mol. The zero-order valence-corrected chi connectivity index (χ0v) is 12.0. The largest absolute Gasteiger partial charge is 0.495 e. The number of hydrogen-bond donors (Lipinski definition) is 0. The summed E-state index contributed by atoms with van der Waals surface area (Å²) in [7, 11) is -1.43. The number of benzene rings is 1. The molecule has 0 aliphatic carbocycles. The van der Waals surface area contributed by atoms with E-state index in [1.807, 2.05) is 12.1 Å². The third-order valence-corrected chi connectivity index (χ3v) is 6.73. The minimum Gasteiger partial charge on any atom is -0.495 e. The zero-order valence-electron chi connectivity index (χ0n) is 11.2. The smallest absolute Gasteiger partial charge is 0.159 e. The Kier molecular flexibility index (Phi) is 3.06. The summed E-state index contributed by atoms with van der Waals surface area (Å²) in [6.45, 7) is 0. The molecule has 0 saturated carbocycles. The van der Waals surface area contributed by atoms with E-state index in [1.54, 1.807) is 12.1 Å². The summed E-state index contributed by atoms with van der Waals surface area (Å²) < 4.78 is 29.2. The van der Waals surface area contributed by atoms with Gasteiger partial charge in [0.05, 0.1) is 23.2 Å². The zero-order chi connectivity index (χ0) is 14.3. The molecular formula is C15H15NO3S. The minimum atomic E-state index is -2.96. The Bertz CT molecular complexity index is 728. The average molecular weight is 289 g/mol. The van der Waals surface area contributed by atoms with Crippen molar-refractivity contribution in [3.8, 4) is 11.8 Å². The second-order valence-electron chi connectivity index (χ2n) is 5.25. The van der Waals surface area contributed by atoms with Crippen LogP contribution in [0.5, 0.6) is 5.75 Å². The third-order valence-electron chi connectivity index (χ3n) is 4.19. The first-order valence-corrected chi connectivity index (χ1v) is 8.19. The molecule has 0 radical (unpaired) electrons. The fourth-order valence-electron chi connectivity index (χ4n) is 3.07. The molecule has 2 aliphatic rings. The molecule has 2 heterocycles. The average Bonchev–Trinajstić information content (AvgIpc) is 2.66. The van der Waals surface area contributed by atoms with Crippen molar-refractivity contribution in [2.24, 2.45) is 0 Å². The molecule has 0 N–H and O–H groups in total. The highest BCUT2D eigenvalue weighted by molar-refractivity contribution is 7.93. The van der Waals surface area contributed by atoms with Crippen molar-refractivity contribution in [3.63, 3.8) is 0 Å².